The maximum atomic E-state index is 13.3. The lowest BCUT2D eigenvalue weighted by Gasteiger charge is -2.26. The van der Waals surface area contributed by atoms with Crippen LogP contribution in [0.25, 0.3) is 5.65 Å². The van der Waals surface area contributed by atoms with Gasteiger partial charge < -0.3 is 4.90 Å². The van der Waals surface area contributed by atoms with Gasteiger partial charge in [0.15, 0.2) is 5.65 Å². The standard InChI is InChI=1S/C19H19N5O/c25-19(14-7-9-24-18(10-14)20-13-21-24)23-12-16-5-3-8-22(16)11-15-4-1-2-6-17(15)23/h1-2,4,6-7,9-10,13,16H,3,5,8,11-12H2. The second kappa shape index (κ2) is 5.67. The topological polar surface area (TPSA) is 53.7 Å². The number of aromatic nitrogens is 3. The van der Waals surface area contributed by atoms with Crippen molar-refractivity contribution in [1.29, 1.82) is 0 Å². The van der Waals surface area contributed by atoms with Crippen molar-refractivity contribution >= 4 is 17.2 Å². The minimum Gasteiger partial charge on any atom is -0.306 e. The molecule has 0 radical (unpaired) electrons. The molecule has 1 saturated heterocycles. The maximum absolute atomic E-state index is 13.3. The Labute approximate surface area is 145 Å². The Hall–Kier alpha value is -2.73. The van der Waals surface area contributed by atoms with Crippen LogP contribution in [0.15, 0.2) is 48.9 Å². The van der Waals surface area contributed by atoms with Gasteiger partial charge in [-0.25, -0.2) is 9.50 Å². The van der Waals surface area contributed by atoms with E-state index in [9.17, 15) is 4.79 Å². The summed E-state index contributed by atoms with van der Waals surface area (Å²) in [6.45, 7) is 2.79. The molecule has 0 saturated carbocycles. The van der Waals surface area contributed by atoms with Crippen LogP contribution in [0.1, 0.15) is 28.8 Å². The molecule has 6 nitrogen and oxygen atoms in total. The van der Waals surface area contributed by atoms with Crippen LogP contribution in [0.4, 0.5) is 5.69 Å². The lowest BCUT2D eigenvalue weighted by Crippen LogP contribution is -2.40. The zero-order valence-corrected chi connectivity index (χ0v) is 13.9. The summed E-state index contributed by atoms with van der Waals surface area (Å²) in [5.74, 6) is 0.0340. The third-order valence-corrected chi connectivity index (χ3v) is 5.32. The summed E-state index contributed by atoms with van der Waals surface area (Å²) in [7, 11) is 0. The van der Waals surface area contributed by atoms with Crippen molar-refractivity contribution in [1.82, 2.24) is 19.5 Å². The first kappa shape index (κ1) is 14.6. The number of hydrogen-bond donors (Lipinski definition) is 0. The van der Waals surface area contributed by atoms with Crippen molar-refractivity contribution in [3.8, 4) is 0 Å². The van der Waals surface area contributed by atoms with Gasteiger partial charge in [-0.3, -0.25) is 9.69 Å². The van der Waals surface area contributed by atoms with Gasteiger partial charge in [-0.15, -0.1) is 0 Å². The zero-order chi connectivity index (χ0) is 16.8. The normalized spacial score (nSPS) is 20.3. The van der Waals surface area contributed by atoms with Crippen LogP contribution < -0.4 is 4.90 Å². The van der Waals surface area contributed by atoms with Crippen LogP contribution in [0.5, 0.6) is 0 Å². The lowest BCUT2D eigenvalue weighted by molar-refractivity contribution is 0.0981. The Morgan fingerprint density at radius 2 is 2.12 bits per heavy atom. The van der Waals surface area contributed by atoms with Gasteiger partial charge in [-0.05, 0) is 43.1 Å². The summed E-state index contributed by atoms with van der Waals surface area (Å²) in [4.78, 5) is 22.0. The number of para-hydroxylation sites is 1. The summed E-state index contributed by atoms with van der Waals surface area (Å²) in [5.41, 5.74) is 3.60. The molecule has 1 amide bonds. The number of rotatable bonds is 1. The van der Waals surface area contributed by atoms with Gasteiger partial charge in [0.2, 0.25) is 0 Å². The minimum atomic E-state index is 0.0340. The first-order valence-electron chi connectivity index (χ1n) is 8.73. The Bertz CT molecular complexity index is 950. The predicted octanol–water partition coefficient (Wildman–Crippen LogP) is 2.35. The van der Waals surface area contributed by atoms with E-state index in [1.54, 1.807) is 10.7 Å². The van der Waals surface area contributed by atoms with E-state index in [1.807, 2.05) is 23.1 Å². The first-order valence-corrected chi connectivity index (χ1v) is 8.73. The molecule has 1 fully saturated rings. The van der Waals surface area contributed by atoms with Crippen molar-refractivity contribution in [2.75, 3.05) is 18.0 Å². The summed E-state index contributed by atoms with van der Waals surface area (Å²) < 4.78 is 1.67. The number of hydrogen-bond acceptors (Lipinski definition) is 4. The summed E-state index contributed by atoms with van der Waals surface area (Å²) in [6.07, 6.45) is 5.66. The Morgan fingerprint density at radius 1 is 1.20 bits per heavy atom. The number of benzene rings is 1. The number of carbonyl (C=O) groups is 1. The van der Waals surface area contributed by atoms with Gasteiger partial charge in [0.25, 0.3) is 5.91 Å². The van der Waals surface area contributed by atoms with Crippen LogP contribution in [0.2, 0.25) is 0 Å². The number of carbonyl (C=O) groups excluding carboxylic acids is 1. The maximum Gasteiger partial charge on any atom is 0.258 e. The summed E-state index contributed by atoms with van der Waals surface area (Å²) >= 11 is 0. The molecule has 126 valence electrons. The monoisotopic (exact) mass is 333 g/mol. The molecule has 0 N–H and O–H groups in total. The Kier molecular flexibility index (Phi) is 3.31. The molecule has 0 bridgehead atoms. The Balaban J connectivity index is 1.57. The van der Waals surface area contributed by atoms with Crippen LogP contribution >= 0.6 is 0 Å². The molecule has 5 rings (SSSR count). The first-order chi connectivity index (χ1) is 12.3. The molecule has 2 aliphatic rings. The average Bonchev–Trinajstić information content (AvgIpc) is 3.25. The van der Waals surface area contributed by atoms with Crippen LogP contribution in [-0.4, -0.2) is 44.5 Å². The van der Waals surface area contributed by atoms with E-state index in [-0.39, 0.29) is 5.91 Å². The molecular formula is C19H19N5O. The van der Waals surface area contributed by atoms with E-state index in [4.69, 9.17) is 0 Å². The fraction of sp³-hybridized carbons (Fsp3) is 0.316. The van der Waals surface area contributed by atoms with Crippen LogP contribution in [-0.2, 0) is 6.54 Å². The number of nitrogens with zero attached hydrogens (tertiary/aromatic N) is 5. The van der Waals surface area contributed by atoms with Crippen molar-refractivity contribution in [3.05, 3.63) is 60.0 Å². The smallest absolute Gasteiger partial charge is 0.258 e. The fourth-order valence-corrected chi connectivity index (χ4v) is 4.04. The molecular weight excluding hydrogens is 314 g/mol. The van der Waals surface area contributed by atoms with Crippen molar-refractivity contribution < 1.29 is 4.79 Å². The van der Waals surface area contributed by atoms with Crippen LogP contribution in [0, 0.1) is 0 Å². The van der Waals surface area contributed by atoms with Gasteiger partial charge in [-0.1, -0.05) is 18.2 Å². The van der Waals surface area contributed by atoms with E-state index in [2.05, 4.69) is 33.2 Å². The average molecular weight is 333 g/mol. The Morgan fingerprint density at radius 3 is 3.08 bits per heavy atom. The molecule has 6 heteroatoms. The molecule has 1 unspecified atom stereocenters. The van der Waals surface area contributed by atoms with Gasteiger partial charge in [0, 0.05) is 36.6 Å². The molecule has 25 heavy (non-hydrogen) atoms. The number of fused-ring (bicyclic) bond motifs is 3. The molecule has 3 aromatic rings. The number of pyridine rings is 1. The quantitative estimate of drug-likeness (QED) is 0.686. The fourth-order valence-electron chi connectivity index (χ4n) is 4.04. The predicted molar refractivity (Wildman–Crippen MR) is 94.5 cm³/mol. The van der Waals surface area contributed by atoms with E-state index >= 15 is 0 Å². The molecule has 2 aliphatic heterocycles. The van der Waals surface area contributed by atoms with Gasteiger partial charge in [-0.2, -0.15) is 5.10 Å². The van der Waals surface area contributed by atoms with E-state index in [1.165, 1.54) is 18.3 Å². The molecule has 1 aromatic carbocycles. The van der Waals surface area contributed by atoms with E-state index in [0.29, 0.717) is 17.3 Å². The molecule has 1 atom stereocenters. The highest BCUT2D eigenvalue weighted by Crippen LogP contribution is 2.32. The highest BCUT2D eigenvalue weighted by Gasteiger charge is 2.33. The van der Waals surface area contributed by atoms with Crippen molar-refractivity contribution in [2.45, 2.75) is 25.4 Å². The van der Waals surface area contributed by atoms with Crippen molar-refractivity contribution in [3.63, 3.8) is 0 Å². The lowest BCUT2D eigenvalue weighted by atomic mass is 10.1. The van der Waals surface area contributed by atoms with Gasteiger partial charge >= 0.3 is 0 Å². The molecule has 4 heterocycles. The van der Waals surface area contributed by atoms with E-state index in [0.717, 1.165) is 31.7 Å². The highest BCUT2D eigenvalue weighted by atomic mass is 16.2. The van der Waals surface area contributed by atoms with Crippen molar-refractivity contribution in [2.24, 2.45) is 0 Å². The highest BCUT2D eigenvalue weighted by molar-refractivity contribution is 6.07. The SMILES string of the molecule is O=C(c1ccn2ncnc2c1)N1CC2CCCN2Cc2ccccc21. The number of anilines is 1. The van der Waals surface area contributed by atoms with Gasteiger partial charge in [0.1, 0.15) is 6.33 Å². The molecule has 0 spiro atoms. The molecule has 0 aliphatic carbocycles. The second-order valence-electron chi connectivity index (χ2n) is 6.79. The number of amides is 1. The van der Waals surface area contributed by atoms with E-state index < -0.39 is 0 Å². The third-order valence-electron chi connectivity index (χ3n) is 5.32. The minimum absolute atomic E-state index is 0.0340. The van der Waals surface area contributed by atoms with Crippen LogP contribution in [0.3, 0.4) is 0 Å². The largest absolute Gasteiger partial charge is 0.306 e. The zero-order valence-electron chi connectivity index (χ0n) is 13.9. The molecule has 2 aromatic heterocycles. The second-order valence-corrected chi connectivity index (χ2v) is 6.79. The summed E-state index contributed by atoms with van der Waals surface area (Å²) in [5, 5.41) is 4.10. The summed E-state index contributed by atoms with van der Waals surface area (Å²) in [6, 6.07) is 12.3. The third kappa shape index (κ3) is 2.41. The van der Waals surface area contributed by atoms with Gasteiger partial charge in [0.05, 0.1) is 0 Å².